The van der Waals surface area contributed by atoms with E-state index in [0.717, 1.165) is 74.7 Å². The van der Waals surface area contributed by atoms with Crippen LogP contribution in [0.1, 0.15) is 36.6 Å². The number of aryl methyl sites for hydroxylation is 1. The zero-order chi connectivity index (χ0) is 22.9. The van der Waals surface area contributed by atoms with Gasteiger partial charge in [0.2, 0.25) is 11.9 Å². The van der Waals surface area contributed by atoms with Crippen molar-refractivity contribution in [3.63, 3.8) is 0 Å². The Hall–Kier alpha value is -2.58. The number of benzene rings is 1. The molecule has 1 atom stereocenters. The zero-order valence-corrected chi connectivity index (χ0v) is 19.8. The molecule has 1 aromatic carbocycles. The van der Waals surface area contributed by atoms with Gasteiger partial charge in [0.25, 0.3) is 0 Å². The molecule has 0 radical (unpaired) electrons. The maximum absolute atomic E-state index is 12.3. The maximum Gasteiger partial charge on any atom is 0.225 e. The van der Waals surface area contributed by atoms with Gasteiger partial charge in [-0.1, -0.05) is 17.7 Å². The number of rotatable bonds is 4. The van der Waals surface area contributed by atoms with E-state index in [9.17, 15) is 4.79 Å². The standard InChI is InChI=1S/C24H31ClN6O2/c1-16-13-22(28-24(26)27-16)31-7-2-12-33-15-21(31)19-6-5-18(14-20(19)25)29-8-10-30(11-9-29)23(32)17-3-4-17/h5-6,13-14,17,21H,2-4,7-12,15H2,1H3,(H2,26,27,28)/t21-/m1/s1. The largest absolute Gasteiger partial charge is 0.379 e. The van der Waals surface area contributed by atoms with Crippen molar-refractivity contribution in [2.24, 2.45) is 5.92 Å². The predicted octanol–water partition coefficient (Wildman–Crippen LogP) is 3.05. The Morgan fingerprint density at radius 2 is 1.91 bits per heavy atom. The Bertz CT molecular complexity index is 1000. The molecule has 1 aromatic heterocycles. The van der Waals surface area contributed by atoms with Crippen molar-refractivity contribution < 1.29 is 9.53 Å². The molecule has 9 heteroatoms. The third kappa shape index (κ3) is 4.87. The second kappa shape index (κ2) is 9.35. The van der Waals surface area contributed by atoms with E-state index >= 15 is 0 Å². The summed E-state index contributed by atoms with van der Waals surface area (Å²) in [6, 6.07) is 8.17. The van der Waals surface area contributed by atoms with E-state index < -0.39 is 0 Å². The van der Waals surface area contributed by atoms with Crippen LogP contribution in [0.15, 0.2) is 24.3 Å². The summed E-state index contributed by atoms with van der Waals surface area (Å²) >= 11 is 6.85. The number of carbonyl (C=O) groups excluding carboxylic acids is 1. The first-order valence-electron chi connectivity index (χ1n) is 11.8. The Labute approximate surface area is 199 Å². The van der Waals surface area contributed by atoms with Gasteiger partial charge in [-0.25, -0.2) is 4.98 Å². The quantitative estimate of drug-likeness (QED) is 0.734. The van der Waals surface area contributed by atoms with Crippen LogP contribution in [-0.2, 0) is 9.53 Å². The summed E-state index contributed by atoms with van der Waals surface area (Å²) in [5.74, 6) is 1.68. The van der Waals surface area contributed by atoms with Gasteiger partial charge in [0.1, 0.15) is 5.82 Å². The van der Waals surface area contributed by atoms with Gasteiger partial charge >= 0.3 is 0 Å². The number of nitrogens with zero attached hydrogens (tertiary/aromatic N) is 5. The van der Waals surface area contributed by atoms with Crippen LogP contribution in [0, 0.1) is 12.8 Å². The molecule has 0 spiro atoms. The molecule has 33 heavy (non-hydrogen) atoms. The molecule has 1 amide bonds. The number of nitrogen functional groups attached to an aromatic ring is 1. The smallest absolute Gasteiger partial charge is 0.225 e. The molecule has 8 nitrogen and oxygen atoms in total. The van der Waals surface area contributed by atoms with Gasteiger partial charge < -0.3 is 25.2 Å². The van der Waals surface area contributed by atoms with Crippen LogP contribution in [0.25, 0.3) is 0 Å². The van der Waals surface area contributed by atoms with E-state index in [-0.39, 0.29) is 17.9 Å². The Kier molecular flexibility index (Phi) is 6.29. The second-order valence-corrected chi connectivity index (χ2v) is 9.56. The van der Waals surface area contributed by atoms with Gasteiger partial charge in [0.05, 0.1) is 12.6 Å². The molecular weight excluding hydrogens is 440 g/mol. The zero-order valence-electron chi connectivity index (χ0n) is 19.0. The van der Waals surface area contributed by atoms with Crippen molar-refractivity contribution in [1.29, 1.82) is 0 Å². The number of nitrogens with two attached hydrogens (primary N) is 1. The minimum atomic E-state index is -0.0595. The lowest BCUT2D eigenvalue weighted by Gasteiger charge is -2.37. The average molecular weight is 471 g/mol. The fourth-order valence-corrected chi connectivity index (χ4v) is 5.09. The highest BCUT2D eigenvalue weighted by molar-refractivity contribution is 6.31. The summed E-state index contributed by atoms with van der Waals surface area (Å²) in [6.45, 7) is 7.15. The van der Waals surface area contributed by atoms with Crippen LogP contribution in [-0.4, -0.2) is 66.7 Å². The molecule has 5 rings (SSSR count). The fourth-order valence-electron chi connectivity index (χ4n) is 4.79. The molecule has 0 unspecified atom stereocenters. The summed E-state index contributed by atoms with van der Waals surface area (Å²) in [4.78, 5) is 27.6. The third-order valence-corrected chi connectivity index (χ3v) is 7.05. The normalized spacial score (nSPS) is 21.8. The van der Waals surface area contributed by atoms with Crippen molar-refractivity contribution in [3.8, 4) is 0 Å². The lowest BCUT2D eigenvalue weighted by atomic mass is 10.0. The SMILES string of the molecule is Cc1cc(N2CCCOC[C@@H]2c2ccc(N3CCN(C(=O)C4CC4)CC3)cc2Cl)nc(N)n1. The number of halogens is 1. The molecule has 176 valence electrons. The lowest BCUT2D eigenvalue weighted by Crippen LogP contribution is -2.49. The van der Waals surface area contributed by atoms with Crippen molar-refractivity contribution in [1.82, 2.24) is 14.9 Å². The molecule has 3 heterocycles. The molecular formula is C24H31ClN6O2. The summed E-state index contributed by atoms with van der Waals surface area (Å²) in [5.41, 5.74) is 8.87. The highest BCUT2D eigenvalue weighted by Crippen LogP contribution is 2.36. The average Bonchev–Trinajstić information content (AvgIpc) is 3.65. The van der Waals surface area contributed by atoms with Crippen molar-refractivity contribution in [2.75, 3.05) is 61.5 Å². The van der Waals surface area contributed by atoms with Crippen molar-refractivity contribution in [2.45, 2.75) is 32.2 Å². The number of ether oxygens (including phenoxy) is 1. The fraction of sp³-hybridized carbons (Fsp3) is 0.542. The number of hydrogen-bond acceptors (Lipinski definition) is 7. The molecule has 2 N–H and O–H groups in total. The van der Waals surface area contributed by atoms with Crippen LogP contribution in [0.5, 0.6) is 0 Å². The molecule has 2 aliphatic heterocycles. The summed E-state index contributed by atoms with van der Waals surface area (Å²) < 4.78 is 5.91. The minimum Gasteiger partial charge on any atom is -0.379 e. The molecule has 3 aliphatic rings. The summed E-state index contributed by atoms with van der Waals surface area (Å²) in [7, 11) is 0. The number of hydrogen-bond donors (Lipinski definition) is 1. The number of amides is 1. The van der Waals surface area contributed by atoms with Gasteiger partial charge in [-0.15, -0.1) is 0 Å². The monoisotopic (exact) mass is 470 g/mol. The first-order chi connectivity index (χ1) is 16.0. The topological polar surface area (TPSA) is 87.8 Å². The first kappa shape index (κ1) is 22.2. The van der Waals surface area contributed by atoms with E-state index in [2.05, 4.69) is 31.9 Å². The second-order valence-electron chi connectivity index (χ2n) is 9.16. The minimum absolute atomic E-state index is 0.0595. The van der Waals surface area contributed by atoms with E-state index in [1.165, 1.54) is 0 Å². The first-order valence-corrected chi connectivity index (χ1v) is 12.2. The van der Waals surface area contributed by atoms with Gasteiger partial charge in [0.15, 0.2) is 0 Å². The van der Waals surface area contributed by atoms with Crippen LogP contribution in [0.2, 0.25) is 5.02 Å². The summed E-state index contributed by atoms with van der Waals surface area (Å²) in [5, 5.41) is 0.711. The van der Waals surface area contributed by atoms with Crippen LogP contribution in [0.3, 0.4) is 0 Å². The van der Waals surface area contributed by atoms with Crippen molar-refractivity contribution in [3.05, 3.63) is 40.5 Å². The molecule has 3 fully saturated rings. The number of piperazine rings is 1. The molecule has 2 saturated heterocycles. The van der Waals surface area contributed by atoms with Gasteiger partial charge in [-0.3, -0.25) is 4.79 Å². The molecule has 1 aliphatic carbocycles. The van der Waals surface area contributed by atoms with Crippen LogP contribution >= 0.6 is 11.6 Å². The van der Waals surface area contributed by atoms with Gasteiger partial charge in [-0.05, 0) is 43.9 Å². The number of aromatic nitrogens is 2. The van der Waals surface area contributed by atoms with Crippen LogP contribution < -0.4 is 15.5 Å². The lowest BCUT2D eigenvalue weighted by molar-refractivity contribution is -0.132. The highest BCUT2D eigenvalue weighted by Gasteiger charge is 2.35. The van der Waals surface area contributed by atoms with Crippen LogP contribution in [0.4, 0.5) is 17.5 Å². The molecule has 2 aromatic rings. The van der Waals surface area contributed by atoms with E-state index in [0.29, 0.717) is 24.1 Å². The molecule has 0 bridgehead atoms. The van der Waals surface area contributed by atoms with E-state index in [4.69, 9.17) is 22.1 Å². The number of carbonyl (C=O) groups is 1. The molecule has 1 saturated carbocycles. The van der Waals surface area contributed by atoms with E-state index in [1.807, 2.05) is 24.0 Å². The Morgan fingerprint density at radius 1 is 1.12 bits per heavy atom. The predicted molar refractivity (Wildman–Crippen MR) is 130 cm³/mol. The van der Waals surface area contributed by atoms with Crippen molar-refractivity contribution >= 4 is 35.0 Å². The van der Waals surface area contributed by atoms with Gasteiger partial charge in [-0.2, -0.15) is 4.98 Å². The van der Waals surface area contributed by atoms with E-state index in [1.54, 1.807) is 0 Å². The highest BCUT2D eigenvalue weighted by atomic mass is 35.5. The summed E-state index contributed by atoms with van der Waals surface area (Å²) in [6.07, 6.45) is 3.01. The van der Waals surface area contributed by atoms with Gasteiger partial charge in [0, 0.05) is 67.7 Å². The Morgan fingerprint density at radius 3 is 2.61 bits per heavy atom. The third-order valence-electron chi connectivity index (χ3n) is 6.72. The Balaban J connectivity index is 1.34. The number of anilines is 3. The maximum atomic E-state index is 12.3.